The monoisotopic (exact) mass is 393 g/mol. The van der Waals surface area contributed by atoms with Crippen LogP contribution in [0.4, 0.5) is 5.13 Å². The van der Waals surface area contributed by atoms with Gasteiger partial charge < -0.3 is 10.1 Å². The van der Waals surface area contributed by atoms with E-state index < -0.39 is 0 Å². The van der Waals surface area contributed by atoms with Gasteiger partial charge in [-0.3, -0.25) is 4.79 Å². The Hall–Kier alpha value is -3.07. The van der Waals surface area contributed by atoms with Crippen LogP contribution in [0.25, 0.3) is 5.65 Å². The molecular weight excluding hydrogens is 374 g/mol. The number of hydrogen-bond acceptors (Lipinski definition) is 7. The molecule has 8 nitrogen and oxygen atoms in total. The molecule has 0 unspecified atom stereocenters. The van der Waals surface area contributed by atoms with Crippen LogP contribution in [0.5, 0.6) is 0 Å². The Morgan fingerprint density at radius 2 is 2.14 bits per heavy atom. The van der Waals surface area contributed by atoms with Crippen LogP contribution in [0.2, 0.25) is 0 Å². The van der Waals surface area contributed by atoms with Crippen molar-refractivity contribution in [3.8, 4) is 0 Å². The number of anilines is 1. The molecule has 9 heteroatoms. The molecule has 1 aliphatic rings. The van der Waals surface area contributed by atoms with Crippen LogP contribution in [-0.2, 0) is 13.0 Å². The third-order valence-corrected chi connectivity index (χ3v) is 5.78. The molecule has 0 bridgehead atoms. The van der Waals surface area contributed by atoms with Crippen LogP contribution < -0.4 is 5.73 Å². The summed E-state index contributed by atoms with van der Waals surface area (Å²) in [7, 11) is 0. The number of imidazole rings is 1. The number of aryl methyl sites for hydroxylation is 1. The average Bonchev–Trinajstić information content (AvgIpc) is 3.09. The lowest BCUT2D eigenvalue weighted by atomic mass is 10.1. The highest BCUT2D eigenvalue weighted by molar-refractivity contribution is 7.15. The van der Waals surface area contributed by atoms with E-state index in [-0.39, 0.29) is 5.78 Å². The molecule has 4 heterocycles. The van der Waals surface area contributed by atoms with E-state index in [1.54, 1.807) is 17.1 Å². The van der Waals surface area contributed by atoms with E-state index in [0.717, 1.165) is 16.2 Å². The fourth-order valence-corrected chi connectivity index (χ4v) is 3.95. The number of carbonyl (C=O) groups is 1. The SMILES string of the molecule is Nc1ncc(CCC(=O)c2cn(Cc3cn4cc(C5CC5)ccc4n3)nn2)s1. The normalized spacial score (nSPS) is 14.0. The molecule has 0 aliphatic heterocycles. The number of fused-ring (bicyclic) bond motifs is 1. The van der Waals surface area contributed by atoms with Gasteiger partial charge in [0.15, 0.2) is 10.9 Å². The predicted molar refractivity (Wildman–Crippen MR) is 105 cm³/mol. The summed E-state index contributed by atoms with van der Waals surface area (Å²) in [6.45, 7) is 0.478. The fraction of sp³-hybridized carbons (Fsp3) is 0.316. The van der Waals surface area contributed by atoms with Gasteiger partial charge in [-0.1, -0.05) is 11.3 Å². The summed E-state index contributed by atoms with van der Waals surface area (Å²) >= 11 is 1.40. The number of thiazole rings is 1. The zero-order valence-electron chi connectivity index (χ0n) is 15.2. The van der Waals surface area contributed by atoms with Gasteiger partial charge in [-0.2, -0.15) is 0 Å². The van der Waals surface area contributed by atoms with E-state index >= 15 is 0 Å². The molecule has 28 heavy (non-hydrogen) atoms. The van der Waals surface area contributed by atoms with Crippen LogP contribution in [0, 0.1) is 0 Å². The standard InChI is InChI=1S/C19H19N7OS/c20-19-21-7-15(28-19)4-5-17(27)16-11-26(24-23-16)10-14-9-25-8-13(12-1-2-12)3-6-18(25)22-14/h3,6-9,11-12H,1-2,4-5,10H2,(H2,20,21). The van der Waals surface area contributed by atoms with E-state index in [2.05, 4.69) is 43.0 Å². The van der Waals surface area contributed by atoms with Crippen LogP contribution in [0.1, 0.15) is 51.8 Å². The summed E-state index contributed by atoms with van der Waals surface area (Å²) in [4.78, 5) is 22.0. The molecule has 2 N–H and O–H groups in total. The summed E-state index contributed by atoms with van der Waals surface area (Å²) < 4.78 is 3.72. The second-order valence-electron chi connectivity index (χ2n) is 7.12. The Morgan fingerprint density at radius 3 is 2.93 bits per heavy atom. The van der Waals surface area contributed by atoms with Crippen LogP contribution in [0.3, 0.4) is 0 Å². The topological polar surface area (TPSA) is 104 Å². The quantitative estimate of drug-likeness (QED) is 0.484. The zero-order chi connectivity index (χ0) is 19.1. The predicted octanol–water partition coefficient (Wildman–Crippen LogP) is 2.71. The first kappa shape index (κ1) is 17.1. The average molecular weight is 393 g/mol. The second kappa shape index (κ2) is 6.83. The first-order valence-corrected chi connectivity index (χ1v) is 10.1. The molecule has 0 aromatic carbocycles. The molecule has 1 saturated carbocycles. The molecule has 5 rings (SSSR count). The smallest absolute Gasteiger partial charge is 0.185 e. The second-order valence-corrected chi connectivity index (χ2v) is 8.27. The van der Waals surface area contributed by atoms with Crippen molar-refractivity contribution in [3.63, 3.8) is 0 Å². The number of Topliss-reactive ketones (excluding diaryl/α,β-unsaturated/α-hetero) is 1. The highest BCUT2D eigenvalue weighted by atomic mass is 32.1. The third kappa shape index (κ3) is 3.53. The summed E-state index contributed by atoms with van der Waals surface area (Å²) in [5.74, 6) is 0.669. The van der Waals surface area contributed by atoms with Crippen molar-refractivity contribution < 1.29 is 4.79 Å². The van der Waals surface area contributed by atoms with Gasteiger partial charge in [0.2, 0.25) is 0 Å². The Labute approximate surface area is 165 Å². The maximum atomic E-state index is 12.4. The minimum Gasteiger partial charge on any atom is -0.375 e. The van der Waals surface area contributed by atoms with Gasteiger partial charge in [0.05, 0.1) is 18.4 Å². The Kier molecular flexibility index (Phi) is 4.16. The number of nitrogens with two attached hydrogens (primary N) is 1. The highest BCUT2D eigenvalue weighted by Gasteiger charge is 2.23. The van der Waals surface area contributed by atoms with Crippen LogP contribution in [0.15, 0.2) is 36.9 Å². The zero-order valence-corrected chi connectivity index (χ0v) is 16.0. The van der Waals surface area contributed by atoms with E-state index in [1.165, 1.54) is 29.7 Å². The van der Waals surface area contributed by atoms with Crippen molar-refractivity contribution in [3.05, 3.63) is 58.7 Å². The fourth-order valence-electron chi connectivity index (χ4n) is 3.27. The summed E-state index contributed by atoms with van der Waals surface area (Å²) in [6, 6.07) is 4.21. The van der Waals surface area contributed by atoms with Crippen molar-refractivity contribution in [1.82, 2.24) is 29.4 Å². The Balaban J connectivity index is 1.25. The summed E-state index contributed by atoms with van der Waals surface area (Å²) in [5, 5.41) is 8.62. The summed E-state index contributed by atoms with van der Waals surface area (Å²) in [5.41, 5.74) is 9.16. The lowest BCUT2D eigenvalue weighted by Crippen LogP contribution is -2.02. The molecule has 0 atom stereocenters. The van der Waals surface area contributed by atoms with Crippen molar-refractivity contribution in [1.29, 1.82) is 0 Å². The highest BCUT2D eigenvalue weighted by Crippen LogP contribution is 2.39. The van der Waals surface area contributed by atoms with Gasteiger partial charge in [0.1, 0.15) is 11.3 Å². The van der Waals surface area contributed by atoms with Gasteiger partial charge in [-0.15, -0.1) is 16.4 Å². The summed E-state index contributed by atoms with van der Waals surface area (Å²) in [6.07, 6.45) is 11.1. The van der Waals surface area contributed by atoms with Crippen molar-refractivity contribution >= 4 is 27.9 Å². The molecule has 4 aromatic heterocycles. The van der Waals surface area contributed by atoms with Gasteiger partial charge in [0.25, 0.3) is 0 Å². The van der Waals surface area contributed by atoms with Crippen molar-refractivity contribution in [2.45, 2.75) is 38.1 Å². The minimum absolute atomic E-state index is 0.0395. The Morgan fingerprint density at radius 1 is 1.25 bits per heavy atom. The van der Waals surface area contributed by atoms with Crippen LogP contribution in [-0.4, -0.2) is 35.1 Å². The lowest BCUT2D eigenvalue weighted by Gasteiger charge is -1.98. The Bertz CT molecular complexity index is 1150. The molecule has 0 spiro atoms. The van der Waals surface area contributed by atoms with E-state index in [1.807, 2.05) is 6.20 Å². The number of carbonyl (C=O) groups excluding carboxylic acids is 1. The number of pyridine rings is 1. The number of nitrogen functional groups attached to an aromatic ring is 1. The minimum atomic E-state index is -0.0395. The van der Waals surface area contributed by atoms with E-state index in [9.17, 15) is 4.79 Å². The number of nitrogens with zero attached hydrogens (tertiary/aromatic N) is 6. The maximum Gasteiger partial charge on any atom is 0.185 e. The largest absolute Gasteiger partial charge is 0.375 e. The molecule has 0 amide bonds. The number of aromatic nitrogens is 6. The number of rotatable bonds is 7. The van der Waals surface area contributed by atoms with E-state index in [0.29, 0.717) is 36.1 Å². The molecule has 1 fully saturated rings. The van der Waals surface area contributed by atoms with Gasteiger partial charge in [-0.05, 0) is 36.8 Å². The lowest BCUT2D eigenvalue weighted by molar-refractivity contribution is 0.0978. The van der Waals surface area contributed by atoms with Gasteiger partial charge in [-0.25, -0.2) is 14.6 Å². The van der Waals surface area contributed by atoms with Gasteiger partial charge in [0, 0.05) is 29.9 Å². The molecule has 4 aromatic rings. The maximum absolute atomic E-state index is 12.4. The molecular formula is C19H19N7OS. The number of ketones is 1. The molecule has 1 aliphatic carbocycles. The number of hydrogen-bond donors (Lipinski definition) is 1. The molecule has 142 valence electrons. The molecule has 0 saturated heterocycles. The van der Waals surface area contributed by atoms with Crippen molar-refractivity contribution in [2.75, 3.05) is 5.73 Å². The first-order valence-electron chi connectivity index (χ1n) is 9.25. The van der Waals surface area contributed by atoms with E-state index in [4.69, 9.17) is 5.73 Å². The van der Waals surface area contributed by atoms with Gasteiger partial charge >= 0.3 is 0 Å². The van der Waals surface area contributed by atoms with Crippen molar-refractivity contribution in [2.24, 2.45) is 0 Å². The third-order valence-electron chi connectivity index (χ3n) is 4.89. The molecule has 0 radical (unpaired) electrons. The first-order chi connectivity index (χ1) is 13.6. The van der Waals surface area contributed by atoms with Crippen LogP contribution >= 0.6 is 11.3 Å².